The molecule has 27 heavy (non-hydrogen) atoms. The summed E-state index contributed by atoms with van der Waals surface area (Å²) in [4.78, 5) is 18.8. The van der Waals surface area contributed by atoms with Crippen molar-refractivity contribution in [2.45, 2.75) is 6.42 Å². The molecule has 1 heterocycles. The van der Waals surface area contributed by atoms with Gasteiger partial charge in [0, 0.05) is 33.9 Å². The van der Waals surface area contributed by atoms with Gasteiger partial charge in [-0.25, -0.2) is 18.7 Å². The molecule has 2 N–H and O–H groups in total. The Bertz CT molecular complexity index is 928. The van der Waals surface area contributed by atoms with Crippen molar-refractivity contribution in [3.63, 3.8) is 0 Å². The van der Waals surface area contributed by atoms with Crippen molar-refractivity contribution in [3.8, 4) is 11.3 Å². The molecule has 2 aromatic carbocycles. The van der Waals surface area contributed by atoms with Crippen LogP contribution in [0.2, 0.25) is 0 Å². The first-order valence-corrected chi connectivity index (χ1v) is 8.86. The van der Waals surface area contributed by atoms with Crippen LogP contribution in [0.15, 0.2) is 53.3 Å². The number of nitrogens with one attached hydrogen (secondary N) is 2. The predicted molar refractivity (Wildman–Crippen MR) is 103 cm³/mol. The molecule has 0 aliphatic rings. The van der Waals surface area contributed by atoms with Crippen LogP contribution in [0.5, 0.6) is 0 Å². The Balaban J connectivity index is 1.67. The molecule has 0 fully saturated rings. The number of benzene rings is 2. The number of rotatable bonds is 7. The molecule has 5 nitrogen and oxygen atoms in total. The van der Waals surface area contributed by atoms with Gasteiger partial charge in [0.1, 0.15) is 23.8 Å². The van der Waals surface area contributed by atoms with E-state index >= 15 is 0 Å². The summed E-state index contributed by atoms with van der Waals surface area (Å²) in [7, 11) is 0. The third-order valence-electron chi connectivity index (χ3n) is 3.86. The maximum Gasteiger partial charge on any atom is 0.211 e. The topological polar surface area (TPSA) is 66.9 Å². The van der Waals surface area contributed by atoms with Crippen molar-refractivity contribution >= 4 is 33.8 Å². The highest BCUT2D eigenvalue weighted by Crippen LogP contribution is 2.22. The molecular formula is C19H15BrF2N4O. The van der Waals surface area contributed by atoms with Gasteiger partial charge in [0.05, 0.1) is 5.69 Å². The Morgan fingerprint density at radius 3 is 2.41 bits per heavy atom. The summed E-state index contributed by atoms with van der Waals surface area (Å²) in [6, 6.07) is 11.4. The minimum absolute atomic E-state index is 0.0262. The lowest BCUT2D eigenvalue weighted by atomic mass is 10.1. The Hall–Kier alpha value is -2.87. The molecule has 0 atom stereocenters. The fourth-order valence-corrected chi connectivity index (χ4v) is 2.95. The minimum atomic E-state index is -0.587. The molecule has 0 aliphatic carbocycles. The fourth-order valence-electron chi connectivity index (χ4n) is 2.54. The molecule has 0 spiro atoms. The number of nitrogens with zero attached hydrogens (tertiary/aromatic N) is 2. The summed E-state index contributed by atoms with van der Waals surface area (Å²) in [5.74, 6) is -0.625. The van der Waals surface area contributed by atoms with Crippen molar-refractivity contribution < 1.29 is 13.6 Å². The Morgan fingerprint density at radius 1 is 1.04 bits per heavy atom. The van der Waals surface area contributed by atoms with Crippen LogP contribution < -0.4 is 10.6 Å². The fraction of sp³-hybridized carbons (Fsp3) is 0.105. The molecule has 0 aliphatic heterocycles. The number of halogens is 3. The van der Waals surface area contributed by atoms with Crippen LogP contribution in [0.4, 0.5) is 20.3 Å². The molecule has 0 unspecified atom stereocenters. The quantitative estimate of drug-likeness (QED) is 0.542. The van der Waals surface area contributed by atoms with Crippen molar-refractivity contribution in [2.24, 2.45) is 0 Å². The number of hydrogen-bond donors (Lipinski definition) is 2. The molecule has 3 rings (SSSR count). The second kappa shape index (κ2) is 8.68. The second-order valence-corrected chi connectivity index (χ2v) is 6.57. The summed E-state index contributed by atoms with van der Waals surface area (Å²) >= 11 is 3.06. The van der Waals surface area contributed by atoms with E-state index in [0.29, 0.717) is 34.6 Å². The van der Waals surface area contributed by atoms with Gasteiger partial charge < -0.3 is 10.6 Å². The molecule has 8 heteroatoms. The van der Waals surface area contributed by atoms with Crippen LogP contribution in [0, 0.1) is 11.6 Å². The number of carbonyl (C=O) groups is 1. The molecule has 1 aromatic heterocycles. The smallest absolute Gasteiger partial charge is 0.211 e. The summed E-state index contributed by atoms with van der Waals surface area (Å²) < 4.78 is 28.1. The first-order chi connectivity index (χ1) is 13.1. The summed E-state index contributed by atoms with van der Waals surface area (Å²) in [6.45, 7) is 0.314. The van der Waals surface area contributed by atoms with Gasteiger partial charge in [0.2, 0.25) is 6.41 Å². The number of carbonyl (C=O) groups excluding carboxylic acids is 1. The van der Waals surface area contributed by atoms with Gasteiger partial charge in [-0.05, 0) is 30.7 Å². The van der Waals surface area contributed by atoms with Crippen LogP contribution >= 0.6 is 15.9 Å². The number of anilines is 2. The lowest BCUT2D eigenvalue weighted by molar-refractivity contribution is -0.105. The number of amides is 1. The third-order valence-corrected chi connectivity index (χ3v) is 4.32. The Labute approximate surface area is 163 Å². The summed E-state index contributed by atoms with van der Waals surface area (Å²) in [5.41, 5.74) is 2.24. The van der Waals surface area contributed by atoms with E-state index in [1.54, 1.807) is 18.2 Å². The molecule has 0 saturated heterocycles. The highest BCUT2D eigenvalue weighted by atomic mass is 79.9. The lowest BCUT2D eigenvalue weighted by Gasteiger charge is -2.09. The zero-order valence-corrected chi connectivity index (χ0v) is 15.6. The average Bonchev–Trinajstić information content (AvgIpc) is 2.65. The second-order valence-electron chi connectivity index (χ2n) is 5.65. The van der Waals surface area contributed by atoms with E-state index in [9.17, 15) is 13.6 Å². The first kappa shape index (κ1) is 18.9. The van der Waals surface area contributed by atoms with E-state index in [2.05, 4.69) is 36.5 Å². The SMILES string of the molecule is O=CNc1ccc(-c2cc(NCCc3c(F)cc(Br)cc3F)ncn2)cc1. The Kier molecular flexibility index (Phi) is 6.08. The normalized spacial score (nSPS) is 10.5. The predicted octanol–water partition coefficient (Wildman–Crippen LogP) is 4.41. The van der Waals surface area contributed by atoms with E-state index in [1.165, 1.54) is 18.5 Å². The maximum absolute atomic E-state index is 13.9. The first-order valence-electron chi connectivity index (χ1n) is 8.07. The highest BCUT2D eigenvalue weighted by Gasteiger charge is 2.10. The summed E-state index contributed by atoms with van der Waals surface area (Å²) in [6.07, 6.45) is 2.20. The number of hydrogen-bond acceptors (Lipinski definition) is 4. The van der Waals surface area contributed by atoms with Gasteiger partial charge >= 0.3 is 0 Å². The van der Waals surface area contributed by atoms with Crippen LogP contribution in [0.1, 0.15) is 5.56 Å². The molecule has 0 saturated carbocycles. The molecule has 1 amide bonds. The van der Waals surface area contributed by atoms with Crippen LogP contribution in [0.3, 0.4) is 0 Å². The molecular weight excluding hydrogens is 418 g/mol. The van der Waals surface area contributed by atoms with Gasteiger partial charge in [0.15, 0.2) is 0 Å². The van der Waals surface area contributed by atoms with Crippen LogP contribution in [-0.2, 0) is 11.2 Å². The molecule has 138 valence electrons. The monoisotopic (exact) mass is 432 g/mol. The van der Waals surface area contributed by atoms with Crippen molar-refractivity contribution in [1.82, 2.24) is 9.97 Å². The summed E-state index contributed by atoms with van der Waals surface area (Å²) in [5, 5.41) is 5.61. The van der Waals surface area contributed by atoms with Crippen LogP contribution in [0.25, 0.3) is 11.3 Å². The lowest BCUT2D eigenvalue weighted by Crippen LogP contribution is -2.09. The van der Waals surface area contributed by atoms with E-state index in [-0.39, 0.29) is 12.0 Å². The van der Waals surface area contributed by atoms with Crippen molar-refractivity contribution in [3.05, 3.63) is 70.5 Å². The molecule has 3 aromatic rings. The van der Waals surface area contributed by atoms with Gasteiger partial charge in [-0.1, -0.05) is 28.1 Å². The van der Waals surface area contributed by atoms with Crippen molar-refractivity contribution in [2.75, 3.05) is 17.2 Å². The number of aromatic nitrogens is 2. The van der Waals surface area contributed by atoms with E-state index in [4.69, 9.17) is 0 Å². The van der Waals surface area contributed by atoms with Gasteiger partial charge in [-0.15, -0.1) is 0 Å². The van der Waals surface area contributed by atoms with E-state index in [0.717, 1.165) is 5.56 Å². The maximum atomic E-state index is 13.9. The molecule has 0 radical (unpaired) electrons. The Morgan fingerprint density at radius 2 is 1.74 bits per heavy atom. The van der Waals surface area contributed by atoms with Crippen molar-refractivity contribution in [1.29, 1.82) is 0 Å². The zero-order chi connectivity index (χ0) is 19.2. The highest BCUT2D eigenvalue weighted by molar-refractivity contribution is 9.10. The standard InChI is InChI=1S/C19H15BrF2N4O/c20-13-7-16(21)15(17(22)8-13)5-6-23-19-9-18(24-10-25-19)12-1-3-14(4-2-12)26-11-27/h1-4,7-11H,5-6H2,(H,26,27)(H,23,24,25). The van der Waals surface area contributed by atoms with E-state index in [1.807, 2.05) is 12.1 Å². The van der Waals surface area contributed by atoms with Gasteiger partial charge in [-0.2, -0.15) is 0 Å². The van der Waals surface area contributed by atoms with Crippen LogP contribution in [-0.4, -0.2) is 22.9 Å². The van der Waals surface area contributed by atoms with Gasteiger partial charge in [-0.3, -0.25) is 4.79 Å². The largest absolute Gasteiger partial charge is 0.370 e. The van der Waals surface area contributed by atoms with E-state index < -0.39 is 11.6 Å². The minimum Gasteiger partial charge on any atom is -0.370 e. The zero-order valence-electron chi connectivity index (χ0n) is 14.0. The van der Waals surface area contributed by atoms with Gasteiger partial charge in [0.25, 0.3) is 0 Å². The third kappa shape index (κ3) is 4.85. The average molecular weight is 433 g/mol. The molecule has 0 bridgehead atoms.